The molecule has 2 N–H and O–H groups in total. The Kier molecular flexibility index (Phi) is 5.82. The number of aromatic nitrogens is 2. The summed E-state index contributed by atoms with van der Waals surface area (Å²) in [6, 6.07) is 5.31. The predicted molar refractivity (Wildman–Crippen MR) is 84.8 cm³/mol. The summed E-state index contributed by atoms with van der Waals surface area (Å²) in [6.07, 6.45) is 1.31. The molecule has 2 aromatic heterocycles. The molecule has 0 radical (unpaired) electrons. The third-order valence-corrected chi connectivity index (χ3v) is 4.67. The Morgan fingerprint density at radius 1 is 1.38 bits per heavy atom. The normalized spacial score (nSPS) is 10.5. The van der Waals surface area contributed by atoms with Gasteiger partial charge < -0.3 is 5.32 Å². The number of carbonyl (C=O) groups excluding carboxylic acids is 1. The zero-order valence-corrected chi connectivity index (χ0v) is 12.8. The Hall–Kier alpha value is -1.80. The van der Waals surface area contributed by atoms with E-state index < -0.39 is 11.2 Å². The summed E-state index contributed by atoms with van der Waals surface area (Å²) in [7, 11) is 0. The van der Waals surface area contributed by atoms with Crippen molar-refractivity contribution in [1.29, 1.82) is 0 Å². The average molecular weight is 325 g/mol. The van der Waals surface area contributed by atoms with E-state index in [0.717, 1.165) is 16.1 Å². The number of aromatic amines is 1. The van der Waals surface area contributed by atoms with Crippen LogP contribution in [0.3, 0.4) is 0 Å². The van der Waals surface area contributed by atoms with Crippen LogP contribution in [0.1, 0.15) is 4.88 Å². The summed E-state index contributed by atoms with van der Waals surface area (Å²) in [4.78, 5) is 37.4. The van der Waals surface area contributed by atoms with Crippen molar-refractivity contribution in [3.8, 4) is 0 Å². The topological polar surface area (TPSA) is 84.0 Å². The van der Waals surface area contributed by atoms with E-state index in [1.54, 1.807) is 23.1 Å². The number of H-pyrrole nitrogens is 1. The van der Waals surface area contributed by atoms with Crippen LogP contribution in [-0.4, -0.2) is 27.8 Å². The van der Waals surface area contributed by atoms with Crippen LogP contribution in [-0.2, 0) is 17.1 Å². The molecule has 0 spiro atoms. The van der Waals surface area contributed by atoms with E-state index in [2.05, 4.69) is 16.4 Å². The van der Waals surface area contributed by atoms with E-state index in [1.807, 2.05) is 11.4 Å². The molecule has 0 fully saturated rings. The first-order valence-electron chi connectivity index (χ1n) is 6.32. The van der Waals surface area contributed by atoms with E-state index >= 15 is 0 Å². The number of thiophene rings is 1. The molecule has 2 rings (SSSR count). The minimum atomic E-state index is -0.579. The number of amides is 1. The maximum absolute atomic E-state index is 11.7. The van der Waals surface area contributed by atoms with Crippen LogP contribution in [0.4, 0.5) is 0 Å². The Morgan fingerprint density at radius 3 is 2.95 bits per heavy atom. The molecule has 0 bridgehead atoms. The van der Waals surface area contributed by atoms with E-state index in [0.29, 0.717) is 6.54 Å². The standard InChI is InChI=1S/C13H15N3O3S2/c17-11-3-5-16(13(19)15-11)8-12(18)14-4-7-20-9-10-2-1-6-21-10/h1-3,5-6H,4,7-9H2,(H,14,18)(H,15,17,19). The van der Waals surface area contributed by atoms with Crippen LogP contribution >= 0.6 is 23.1 Å². The number of hydrogen-bond acceptors (Lipinski definition) is 5. The largest absolute Gasteiger partial charge is 0.354 e. The molecular weight excluding hydrogens is 310 g/mol. The van der Waals surface area contributed by atoms with Crippen molar-refractivity contribution < 1.29 is 4.79 Å². The molecule has 0 aliphatic rings. The van der Waals surface area contributed by atoms with Crippen molar-refractivity contribution in [3.63, 3.8) is 0 Å². The predicted octanol–water partition coefficient (Wildman–Crippen LogP) is 0.648. The highest BCUT2D eigenvalue weighted by Gasteiger charge is 2.04. The third-order valence-electron chi connectivity index (χ3n) is 2.60. The number of rotatable bonds is 7. The lowest BCUT2D eigenvalue weighted by Crippen LogP contribution is -2.36. The van der Waals surface area contributed by atoms with Gasteiger partial charge >= 0.3 is 5.69 Å². The summed E-state index contributed by atoms with van der Waals surface area (Å²) in [5.74, 6) is 1.50. The summed E-state index contributed by atoms with van der Waals surface area (Å²) in [5, 5.41) is 4.79. The zero-order valence-electron chi connectivity index (χ0n) is 11.2. The molecule has 0 atom stereocenters. The molecule has 0 aliphatic carbocycles. The van der Waals surface area contributed by atoms with Crippen LogP contribution in [0.25, 0.3) is 0 Å². The molecule has 6 nitrogen and oxygen atoms in total. The SMILES string of the molecule is O=C(Cn1ccc(=O)[nH]c1=O)NCCSCc1cccs1. The summed E-state index contributed by atoms with van der Waals surface area (Å²) < 4.78 is 1.16. The first-order chi connectivity index (χ1) is 10.1. The molecule has 0 unspecified atom stereocenters. The molecule has 8 heteroatoms. The molecule has 2 aromatic rings. The van der Waals surface area contributed by atoms with Crippen LogP contribution in [0.2, 0.25) is 0 Å². The van der Waals surface area contributed by atoms with E-state index in [1.165, 1.54) is 17.1 Å². The lowest BCUT2D eigenvalue weighted by molar-refractivity contribution is -0.121. The average Bonchev–Trinajstić information content (AvgIpc) is 2.95. The first kappa shape index (κ1) is 15.6. The van der Waals surface area contributed by atoms with Gasteiger partial charge in [0.2, 0.25) is 5.91 Å². The smallest absolute Gasteiger partial charge is 0.328 e. The van der Waals surface area contributed by atoms with Gasteiger partial charge in [0.15, 0.2) is 0 Å². The highest BCUT2D eigenvalue weighted by atomic mass is 32.2. The fourth-order valence-electron chi connectivity index (χ4n) is 1.61. The Morgan fingerprint density at radius 2 is 2.24 bits per heavy atom. The Balaban J connectivity index is 1.67. The maximum atomic E-state index is 11.7. The van der Waals surface area contributed by atoms with Gasteiger partial charge in [0, 0.05) is 35.2 Å². The van der Waals surface area contributed by atoms with Gasteiger partial charge in [-0.1, -0.05) is 6.07 Å². The number of carbonyl (C=O) groups is 1. The molecule has 1 amide bonds. The van der Waals surface area contributed by atoms with E-state index in [4.69, 9.17) is 0 Å². The van der Waals surface area contributed by atoms with Crippen LogP contribution < -0.4 is 16.6 Å². The van der Waals surface area contributed by atoms with Crippen LogP contribution in [0.15, 0.2) is 39.4 Å². The minimum Gasteiger partial charge on any atom is -0.354 e. The lowest BCUT2D eigenvalue weighted by Gasteiger charge is -2.06. The molecule has 0 saturated carbocycles. The van der Waals surface area contributed by atoms with E-state index in [-0.39, 0.29) is 12.5 Å². The van der Waals surface area contributed by atoms with Gasteiger partial charge in [-0.25, -0.2) is 4.79 Å². The van der Waals surface area contributed by atoms with Gasteiger partial charge in [-0.05, 0) is 11.4 Å². The molecule has 0 saturated heterocycles. The van der Waals surface area contributed by atoms with Crippen molar-refractivity contribution in [2.75, 3.05) is 12.3 Å². The number of nitrogens with zero attached hydrogens (tertiary/aromatic N) is 1. The van der Waals surface area contributed by atoms with Crippen molar-refractivity contribution in [3.05, 3.63) is 55.5 Å². The summed E-state index contributed by atoms with van der Waals surface area (Å²) in [5.41, 5.74) is -1.05. The highest BCUT2D eigenvalue weighted by molar-refractivity contribution is 7.98. The fraction of sp³-hybridized carbons (Fsp3) is 0.308. The van der Waals surface area contributed by atoms with Gasteiger partial charge in [0.25, 0.3) is 5.56 Å². The van der Waals surface area contributed by atoms with E-state index in [9.17, 15) is 14.4 Å². The van der Waals surface area contributed by atoms with Gasteiger partial charge in [0.05, 0.1) is 0 Å². The van der Waals surface area contributed by atoms with Crippen molar-refractivity contribution in [2.24, 2.45) is 0 Å². The summed E-state index contributed by atoms with van der Waals surface area (Å²) >= 11 is 3.46. The second-order valence-corrected chi connectivity index (χ2v) is 6.36. The second kappa shape index (κ2) is 7.84. The monoisotopic (exact) mass is 325 g/mol. The lowest BCUT2D eigenvalue weighted by atomic mass is 10.5. The van der Waals surface area contributed by atoms with Gasteiger partial charge in [0.1, 0.15) is 6.54 Å². The number of hydrogen-bond donors (Lipinski definition) is 2. The number of thioether (sulfide) groups is 1. The third kappa shape index (κ3) is 5.24. The van der Waals surface area contributed by atoms with Gasteiger partial charge in [-0.3, -0.25) is 19.1 Å². The zero-order chi connectivity index (χ0) is 15.1. The molecule has 2 heterocycles. The minimum absolute atomic E-state index is 0.0921. The first-order valence-corrected chi connectivity index (χ1v) is 8.35. The fourth-order valence-corrected chi connectivity index (χ4v) is 3.31. The highest BCUT2D eigenvalue weighted by Crippen LogP contribution is 2.16. The van der Waals surface area contributed by atoms with Crippen molar-refractivity contribution in [1.82, 2.24) is 14.9 Å². The maximum Gasteiger partial charge on any atom is 0.328 e. The molecular formula is C13H15N3O3S2. The van der Waals surface area contributed by atoms with Crippen molar-refractivity contribution >= 4 is 29.0 Å². The summed E-state index contributed by atoms with van der Waals surface area (Å²) in [6.45, 7) is 0.457. The van der Waals surface area contributed by atoms with Gasteiger partial charge in [-0.15, -0.1) is 11.3 Å². The molecule has 112 valence electrons. The van der Waals surface area contributed by atoms with Crippen molar-refractivity contribution in [2.45, 2.75) is 12.3 Å². The van der Waals surface area contributed by atoms with Crippen LogP contribution in [0, 0.1) is 0 Å². The molecule has 0 aromatic carbocycles. The quantitative estimate of drug-likeness (QED) is 0.732. The second-order valence-electron chi connectivity index (χ2n) is 4.22. The number of nitrogens with one attached hydrogen (secondary N) is 2. The van der Waals surface area contributed by atoms with Crippen LogP contribution in [0.5, 0.6) is 0 Å². The molecule has 0 aliphatic heterocycles. The molecule has 21 heavy (non-hydrogen) atoms. The Bertz CT molecular complexity index is 691. The Labute approximate surface area is 129 Å². The van der Waals surface area contributed by atoms with Gasteiger partial charge in [-0.2, -0.15) is 11.8 Å².